The van der Waals surface area contributed by atoms with E-state index in [2.05, 4.69) is 5.10 Å². The first-order valence-electron chi connectivity index (χ1n) is 8.61. The van der Waals surface area contributed by atoms with Crippen molar-refractivity contribution in [3.63, 3.8) is 0 Å². The van der Waals surface area contributed by atoms with Crippen molar-refractivity contribution in [2.75, 3.05) is 7.05 Å². The van der Waals surface area contributed by atoms with Crippen molar-refractivity contribution >= 4 is 11.9 Å². The highest BCUT2D eigenvalue weighted by Gasteiger charge is 2.32. The van der Waals surface area contributed by atoms with Gasteiger partial charge in [-0.25, -0.2) is 4.68 Å². The van der Waals surface area contributed by atoms with Crippen LogP contribution in [0.15, 0.2) is 42.7 Å². The van der Waals surface area contributed by atoms with E-state index in [9.17, 15) is 14.7 Å². The monoisotopic (exact) mass is 341 g/mol. The fraction of sp³-hybridized carbons (Fsp3) is 0.421. The first-order chi connectivity index (χ1) is 12.0. The Bertz CT molecular complexity index is 741. The first-order valence-corrected chi connectivity index (χ1v) is 8.61. The molecule has 0 bridgehead atoms. The quantitative estimate of drug-likeness (QED) is 0.907. The van der Waals surface area contributed by atoms with Crippen molar-refractivity contribution in [3.8, 4) is 5.69 Å². The Morgan fingerprint density at radius 2 is 1.96 bits per heavy atom. The predicted octanol–water partition coefficient (Wildman–Crippen LogP) is 2.72. The highest BCUT2D eigenvalue weighted by Crippen LogP contribution is 2.30. The molecule has 0 unspecified atom stereocenters. The minimum Gasteiger partial charge on any atom is -0.481 e. The van der Waals surface area contributed by atoms with Gasteiger partial charge in [0.05, 0.1) is 17.8 Å². The molecular weight excluding hydrogens is 318 g/mol. The lowest BCUT2D eigenvalue weighted by molar-refractivity contribution is -0.145. The first kappa shape index (κ1) is 17.2. The third kappa shape index (κ3) is 4.07. The number of para-hydroxylation sites is 1. The molecule has 1 aliphatic carbocycles. The minimum absolute atomic E-state index is 0.0263. The number of rotatable bonds is 5. The zero-order valence-corrected chi connectivity index (χ0v) is 14.3. The SMILES string of the molecule is CN(Cc1cnn(-c2ccccc2)c1)C(=O)[C@@H]1CCC[C@@H](C(=O)O)C1. The van der Waals surface area contributed by atoms with Crippen LogP contribution in [-0.4, -0.2) is 38.7 Å². The van der Waals surface area contributed by atoms with Gasteiger partial charge in [-0.1, -0.05) is 24.6 Å². The number of amides is 1. The van der Waals surface area contributed by atoms with Gasteiger partial charge in [-0.05, 0) is 31.4 Å². The van der Waals surface area contributed by atoms with E-state index in [1.807, 2.05) is 36.5 Å². The minimum atomic E-state index is -0.788. The van der Waals surface area contributed by atoms with Gasteiger partial charge in [-0.3, -0.25) is 9.59 Å². The van der Waals surface area contributed by atoms with Crippen molar-refractivity contribution in [2.24, 2.45) is 11.8 Å². The average Bonchev–Trinajstić information content (AvgIpc) is 3.10. The molecule has 2 atom stereocenters. The van der Waals surface area contributed by atoms with Crippen LogP contribution in [-0.2, 0) is 16.1 Å². The maximum Gasteiger partial charge on any atom is 0.306 e. The summed E-state index contributed by atoms with van der Waals surface area (Å²) >= 11 is 0. The summed E-state index contributed by atoms with van der Waals surface area (Å²) in [5.74, 6) is -1.34. The van der Waals surface area contributed by atoms with Crippen LogP contribution in [0.2, 0.25) is 0 Å². The summed E-state index contributed by atoms with van der Waals surface area (Å²) in [6.07, 6.45) is 6.37. The molecule has 1 aliphatic rings. The number of aliphatic carboxylic acids is 1. The van der Waals surface area contributed by atoms with Gasteiger partial charge in [0, 0.05) is 31.3 Å². The van der Waals surface area contributed by atoms with Crippen molar-refractivity contribution in [3.05, 3.63) is 48.3 Å². The van der Waals surface area contributed by atoms with Crippen LogP contribution in [0.25, 0.3) is 5.69 Å². The highest BCUT2D eigenvalue weighted by atomic mass is 16.4. The second-order valence-corrected chi connectivity index (χ2v) is 6.72. The van der Waals surface area contributed by atoms with Crippen LogP contribution in [0, 0.1) is 11.8 Å². The van der Waals surface area contributed by atoms with E-state index >= 15 is 0 Å². The molecular formula is C19H23N3O3. The molecule has 0 radical (unpaired) electrons. The Kier molecular flexibility index (Phi) is 5.16. The number of carbonyl (C=O) groups excluding carboxylic acids is 1. The number of hydrogen-bond donors (Lipinski definition) is 1. The van der Waals surface area contributed by atoms with E-state index in [1.54, 1.807) is 22.8 Å². The summed E-state index contributed by atoms with van der Waals surface area (Å²) in [4.78, 5) is 25.5. The predicted molar refractivity (Wildman–Crippen MR) is 93.1 cm³/mol. The zero-order valence-electron chi connectivity index (χ0n) is 14.3. The molecule has 1 heterocycles. The normalized spacial score (nSPS) is 20.2. The molecule has 132 valence electrons. The molecule has 2 aromatic rings. The lowest BCUT2D eigenvalue weighted by Crippen LogP contribution is -2.36. The summed E-state index contributed by atoms with van der Waals surface area (Å²) < 4.78 is 1.79. The van der Waals surface area contributed by atoms with E-state index in [0.717, 1.165) is 24.1 Å². The van der Waals surface area contributed by atoms with Crippen LogP contribution in [0.3, 0.4) is 0 Å². The van der Waals surface area contributed by atoms with E-state index in [1.165, 1.54) is 0 Å². The standard InChI is InChI=1S/C19H23N3O3/c1-21(18(23)15-6-5-7-16(10-15)19(24)25)12-14-11-20-22(13-14)17-8-3-2-4-9-17/h2-4,8-9,11,13,15-16H,5-7,10,12H2,1H3,(H,24,25)/t15-,16-/m1/s1. The molecule has 1 fully saturated rings. The topological polar surface area (TPSA) is 75.4 Å². The van der Waals surface area contributed by atoms with Gasteiger partial charge in [0.1, 0.15) is 0 Å². The van der Waals surface area contributed by atoms with Gasteiger partial charge >= 0.3 is 5.97 Å². The molecule has 6 heteroatoms. The van der Waals surface area contributed by atoms with E-state index < -0.39 is 11.9 Å². The van der Waals surface area contributed by atoms with E-state index in [4.69, 9.17) is 0 Å². The number of carbonyl (C=O) groups is 2. The summed E-state index contributed by atoms with van der Waals surface area (Å²) in [7, 11) is 1.77. The van der Waals surface area contributed by atoms with E-state index in [0.29, 0.717) is 19.4 Å². The lowest BCUT2D eigenvalue weighted by atomic mass is 9.81. The Morgan fingerprint density at radius 3 is 2.68 bits per heavy atom. The average molecular weight is 341 g/mol. The second kappa shape index (κ2) is 7.51. The Labute approximate surface area is 147 Å². The lowest BCUT2D eigenvalue weighted by Gasteiger charge is -2.29. The number of aromatic nitrogens is 2. The van der Waals surface area contributed by atoms with E-state index in [-0.39, 0.29) is 11.8 Å². The van der Waals surface area contributed by atoms with Crippen LogP contribution < -0.4 is 0 Å². The molecule has 0 spiro atoms. The van der Waals surface area contributed by atoms with Gasteiger partial charge in [0.2, 0.25) is 5.91 Å². The van der Waals surface area contributed by atoms with Crippen LogP contribution in [0.4, 0.5) is 0 Å². The molecule has 0 aliphatic heterocycles. The highest BCUT2D eigenvalue weighted by molar-refractivity contribution is 5.80. The third-order valence-corrected chi connectivity index (χ3v) is 4.83. The molecule has 3 rings (SSSR count). The smallest absolute Gasteiger partial charge is 0.306 e. The molecule has 0 saturated heterocycles. The Hall–Kier alpha value is -2.63. The molecule has 25 heavy (non-hydrogen) atoms. The fourth-order valence-corrected chi connectivity index (χ4v) is 3.47. The summed E-state index contributed by atoms with van der Waals surface area (Å²) in [6, 6.07) is 9.80. The summed E-state index contributed by atoms with van der Waals surface area (Å²) in [6.45, 7) is 0.472. The van der Waals surface area contributed by atoms with Gasteiger partial charge in [-0.2, -0.15) is 5.10 Å². The van der Waals surface area contributed by atoms with Crippen molar-refractivity contribution in [1.29, 1.82) is 0 Å². The Balaban J connectivity index is 1.62. The molecule has 6 nitrogen and oxygen atoms in total. The van der Waals surface area contributed by atoms with Crippen molar-refractivity contribution in [2.45, 2.75) is 32.2 Å². The number of benzene rings is 1. The number of hydrogen-bond acceptors (Lipinski definition) is 3. The van der Waals surface area contributed by atoms with Gasteiger partial charge < -0.3 is 10.0 Å². The number of carboxylic acid groups (broad SMARTS) is 1. The third-order valence-electron chi connectivity index (χ3n) is 4.83. The van der Waals surface area contributed by atoms with Crippen LogP contribution in [0.5, 0.6) is 0 Å². The summed E-state index contributed by atoms with van der Waals surface area (Å²) in [5, 5.41) is 13.5. The second-order valence-electron chi connectivity index (χ2n) is 6.72. The van der Waals surface area contributed by atoms with Gasteiger partial charge in [0.15, 0.2) is 0 Å². The largest absolute Gasteiger partial charge is 0.481 e. The van der Waals surface area contributed by atoms with Crippen LogP contribution in [0.1, 0.15) is 31.2 Å². The van der Waals surface area contributed by atoms with Crippen LogP contribution >= 0.6 is 0 Å². The molecule has 1 N–H and O–H groups in total. The number of nitrogens with zero attached hydrogens (tertiary/aromatic N) is 3. The maximum absolute atomic E-state index is 12.7. The summed E-state index contributed by atoms with van der Waals surface area (Å²) in [5.41, 5.74) is 1.92. The fourth-order valence-electron chi connectivity index (χ4n) is 3.47. The number of carboxylic acids is 1. The van der Waals surface area contributed by atoms with Crippen molar-refractivity contribution < 1.29 is 14.7 Å². The van der Waals surface area contributed by atoms with Crippen molar-refractivity contribution in [1.82, 2.24) is 14.7 Å². The maximum atomic E-state index is 12.7. The Morgan fingerprint density at radius 1 is 1.24 bits per heavy atom. The van der Waals surface area contributed by atoms with Gasteiger partial charge in [0.25, 0.3) is 0 Å². The van der Waals surface area contributed by atoms with Gasteiger partial charge in [-0.15, -0.1) is 0 Å². The molecule has 1 aromatic heterocycles. The zero-order chi connectivity index (χ0) is 17.8. The molecule has 1 amide bonds. The molecule has 1 saturated carbocycles. The molecule has 1 aromatic carbocycles.